The first-order valence-electron chi connectivity index (χ1n) is 6.93. The molecule has 0 unspecified atom stereocenters. The first kappa shape index (κ1) is 17.7. The maximum Gasteiger partial charge on any atom is 0.360 e. The third-order valence-corrected chi connectivity index (χ3v) is 3.91. The van der Waals surface area contributed by atoms with Crippen molar-refractivity contribution in [3.63, 3.8) is 0 Å². The zero-order chi connectivity index (χ0) is 18.1. The molecule has 0 aliphatic rings. The zero-order valence-electron chi connectivity index (χ0n) is 13.6. The molecule has 0 amide bonds. The Morgan fingerprint density at radius 3 is 2.50 bits per heavy atom. The zero-order valence-corrected chi connectivity index (χ0v) is 14.4. The normalized spacial score (nSPS) is 11.2. The van der Waals surface area contributed by atoms with Crippen molar-refractivity contribution < 1.29 is 19.1 Å². The molecule has 2 aromatic heterocycles. The minimum atomic E-state index is -0.894. The molecule has 0 fully saturated rings. The van der Waals surface area contributed by atoms with Crippen LogP contribution in [0.5, 0.6) is 5.75 Å². The van der Waals surface area contributed by atoms with Crippen LogP contribution >= 0.6 is 11.3 Å². The second-order valence-electron chi connectivity index (χ2n) is 5.93. The minimum Gasteiger partial charge on any atom is -0.464 e. The van der Waals surface area contributed by atoms with Gasteiger partial charge in [-0.25, -0.2) is 9.78 Å². The lowest BCUT2D eigenvalue weighted by atomic mass is 9.97. The van der Waals surface area contributed by atoms with Crippen molar-refractivity contribution in [1.82, 2.24) is 9.97 Å². The number of carbonyl (C=O) groups excluding carboxylic acids is 2. The van der Waals surface area contributed by atoms with Gasteiger partial charge in [0.1, 0.15) is 0 Å². The van der Waals surface area contributed by atoms with Crippen molar-refractivity contribution in [3.05, 3.63) is 27.5 Å². The highest BCUT2D eigenvalue weighted by Crippen LogP contribution is 2.29. The average Bonchev–Trinajstić information content (AvgIpc) is 2.93. The molecule has 0 aromatic carbocycles. The van der Waals surface area contributed by atoms with Crippen molar-refractivity contribution in [2.45, 2.75) is 20.8 Å². The van der Waals surface area contributed by atoms with Crippen molar-refractivity contribution in [1.29, 1.82) is 0 Å². The molecule has 0 aliphatic carbocycles. The number of methoxy groups -OCH3 is 1. The molecule has 0 saturated heterocycles. The van der Waals surface area contributed by atoms with E-state index in [4.69, 9.17) is 10.5 Å². The number of carbonyl (C=O) groups is 2. The number of hydrogen-bond donors (Lipinski definition) is 2. The topological polar surface area (TPSA) is 124 Å². The maximum absolute atomic E-state index is 12.3. The van der Waals surface area contributed by atoms with E-state index in [2.05, 4.69) is 14.7 Å². The summed E-state index contributed by atoms with van der Waals surface area (Å²) in [6, 6.07) is 1.64. The molecule has 128 valence electrons. The van der Waals surface area contributed by atoms with Gasteiger partial charge in [0, 0.05) is 0 Å². The molecule has 0 radical (unpaired) electrons. The van der Waals surface area contributed by atoms with Crippen LogP contribution in [-0.4, -0.2) is 29.0 Å². The number of esters is 2. The number of rotatable bonds is 3. The average molecular weight is 351 g/mol. The molecular weight excluding hydrogens is 334 g/mol. The Kier molecular flexibility index (Phi) is 4.74. The Balaban J connectivity index is 2.60. The highest BCUT2D eigenvalue weighted by Gasteiger charge is 2.29. The van der Waals surface area contributed by atoms with E-state index in [-0.39, 0.29) is 11.5 Å². The van der Waals surface area contributed by atoms with Crippen molar-refractivity contribution in [3.8, 4) is 16.5 Å². The lowest BCUT2D eigenvalue weighted by Gasteiger charge is -2.17. The van der Waals surface area contributed by atoms with Gasteiger partial charge in [-0.2, -0.15) is 0 Å². The van der Waals surface area contributed by atoms with Crippen LogP contribution in [0, 0.1) is 5.41 Å². The summed E-state index contributed by atoms with van der Waals surface area (Å²) in [7, 11) is 1.14. The molecular formula is C15H17N3O5S. The molecule has 2 aromatic rings. The first-order chi connectivity index (χ1) is 11.1. The van der Waals surface area contributed by atoms with E-state index in [0.717, 1.165) is 7.11 Å². The lowest BCUT2D eigenvalue weighted by Crippen LogP contribution is -2.30. The quantitative estimate of drug-likeness (QED) is 0.808. The van der Waals surface area contributed by atoms with E-state index in [1.165, 1.54) is 11.3 Å². The van der Waals surface area contributed by atoms with Gasteiger partial charge in [0.25, 0.3) is 5.56 Å². The Morgan fingerprint density at radius 2 is 2.00 bits per heavy atom. The number of thiophene rings is 1. The summed E-state index contributed by atoms with van der Waals surface area (Å²) in [6.45, 7) is 4.86. The van der Waals surface area contributed by atoms with Gasteiger partial charge in [0.2, 0.25) is 5.75 Å². The summed E-state index contributed by atoms with van der Waals surface area (Å²) in [6.07, 6.45) is 0. The second-order valence-corrected chi connectivity index (χ2v) is 6.84. The maximum atomic E-state index is 12.3. The van der Waals surface area contributed by atoms with Crippen molar-refractivity contribution in [2.24, 2.45) is 5.41 Å². The third-order valence-electron chi connectivity index (χ3n) is 2.97. The fourth-order valence-electron chi connectivity index (χ4n) is 1.66. The van der Waals surface area contributed by atoms with Crippen LogP contribution in [0.25, 0.3) is 10.7 Å². The van der Waals surface area contributed by atoms with Gasteiger partial charge in [-0.3, -0.25) is 9.59 Å². The smallest absolute Gasteiger partial charge is 0.360 e. The highest BCUT2D eigenvalue weighted by atomic mass is 32.1. The van der Waals surface area contributed by atoms with Gasteiger partial charge in [0.05, 0.1) is 23.1 Å². The van der Waals surface area contributed by atoms with Crippen LogP contribution in [-0.2, 0) is 9.53 Å². The summed E-state index contributed by atoms with van der Waals surface area (Å²) in [5, 5.41) is 1.72. The fraction of sp³-hybridized carbons (Fsp3) is 0.333. The number of ether oxygens (including phenoxy) is 2. The van der Waals surface area contributed by atoms with Crippen molar-refractivity contribution >= 4 is 29.0 Å². The van der Waals surface area contributed by atoms with E-state index in [1.807, 2.05) is 0 Å². The van der Waals surface area contributed by atoms with Gasteiger partial charge in [-0.1, -0.05) is 0 Å². The van der Waals surface area contributed by atoms with Gasteiger partial charge >= 0.3 is 11.9 Å². The van der Waals surface area contributed by atoms with Crippen LogP contribution in [0.1, 0.15) is 31.3 Å². The highest BCUT2D eigenvalue weighted by molar-refractivity contribution is 7.14. The molecule has 0 spiro atoms. The summed E-state index contributed by atoms with van der Waals surface area (Å²) >= 11 is 1.25. The Morgan fingerprint density at radius 1 is 1.33 bits per heavy atom. The Hall–Kier alpha value is -2.68. The number of nitrogens with two attached hydrogens (primary N) is 1. The molecule has 0 aliphatic heterocycles. The number of aromatic amines is 1. The number of nitrogens with zero attached hydrogens (tertiary/aromatic N) is 1. The fourth-order valence-corrected chi connectivity index (χ4v) is 2.42. The second kappa shape index (κ2) is 6.44. The van der Waals surface area contributed by atoms with Crippen LogP contribution in [0.15, 0.2) is 16.2 Å². The predicted molar refractivity (Wildman–Crippen MR) is 89.0 cm³/mol. The van der Waals surface area contributed by atoms with Crippen LogP contribution in [0.3, 0.4) is 0 Å². The number of H-pyrrole nitrogens is 1. The Bertz CT molecular complexity index is 848. The predicted octanol–water partition coefficient (Wildman–Crippen LogP) is 1.82. The summed E-state index contributed by atoms with van der Waals surface area (Å²) < 4.78 is 9.72. The molecule has 3 N–H and O–H groups in total. The molecule has 0 atom stereocenters. The van der Waals surface area contributed by atoms with Gasteiger partial charge < -0.3 is 20.2 Å². The van der Waals surface area contributed by atoms with Crippen LogP contribution in [0.2, 0.25) is 0 Å². The largest absolute Gasteiger partial charge is 0.464 e. The van der Waals surface area contributed by atoms with Gasteiger partial charge in [-0.15, -0.1) is 11.3 Å². The molecule has 0 bridgehead atoms. The van der Waals surface area contributed by atoms with E-state index in [9.17, 15) is 14.4 Å². The molecule has 24 heavy (non-hydrogen) atoms. The van der Waals surface area contributed by atoms with E-state index in [1.54, 1.807) is 32.2 Å². The minimum absolute atomic E-state index is 0.100. The SMILES string of the molecule is COC(=O)c1nc(-c2sccc2N)[nH]c(=O)c1OC(=O)C(C)(C)C. The van der Waals surface area contributed by atoms with E-state index < -0.39 is 28.7 Å². The number of aromatic nitrogens is 2. The van der Waals surface area contributed by atoms with E-state index in [0.29, 0.717) is 10.6 Å². The summed E-state index contributed by atoms with van der Waals surface area (Å²) in [4.78, 5) is 43.4. The monoisotopic (exact) mass is 351 g/mol. The summed E-state index contributed by atoms with van der Waals surface area (Å²) in [5.74, 6) is -1.97. The van der Waals surface area contributed by atoms with Crippen molar-refractivity contribution in [2.75, 3.05) is 12.8 Å². The van der Waals surface area contributed by atoms with Gasteiger partial charge in [0.15, 0.2) is 11.5 Å². The number of nitrogens with one attached hydrogen (secondary N) is 1. The molecule has 0 saturated carbocycles. The molecule has 2 heterocycles. The number of nitrogen functional groups attached to an aromatic ring is 1. The molecule has 8 nitrogen and oxygen atoms in total. The standard InChI is InChI=1S/C15H17N3O5S/c1-15(2,3)14(21)23-9-8(13(20)22-4)17-11(18-12(9)19)10-7(16)5-6-24-10/h5-6H,16H2,1-4H3,(H,17,18,19). The third kappa shape index (κ3) is 3.46. The number of hydrogen-bond acceptors (Lipinski definition) is 8. The summed E-state index contributed by atoms with van der Waals surface area (Å²) in [5.41, 5.74) is 4.18. The molecule has 9 heteroatoms. The lowest BCUT2D eigenvalue weighted by molar-refractivity contribution is -0.143. The number of anilines is 1. The van der Waals surface area contributed by atoms with E-state index >= 15 is 0 Å². The Labute approximate surface area is 141 Å². The van der Waals surface area contributed by atoms with Crippen LogP contribution < -0.4 is 16.0 Å². The van der Waals surface area contributed by atoms with Gasteiger partial charge in [-0.05, 0) is 32.2 Å². The molecule has 2 rings (SSSR count). The first-order valence-corrected chi connectivity index (χ1v) is 7.81. The van der Waals surface area contributed by atoms with Crippen LogP contribution in [0.4, 0.5) is 5.69 Å².